The molecule has 4 rings (SSSR count). The van der Waals surface area contributed by atoms with Crippen LogP contribution in [0.1, 0.15) is 84.3 Å². The Morgan fingerprint density at radius 1 is 0.977 bits per heavy atom. The number of hydrogen-bond acceptors (Lipinski definition) is 4. The number of hydrogen-bond donors (Lipinski definition) is 1. The van der Waals surface area contributed by atoms with E-state index in [1.807, 2.05) is 45.2 Å². The average molecular weight is 793 g/mol. The molecule has 2 aromatic heterocycles. The second-order valence-corrected chi connectivity index (χ2v) is 19.1. The molecule has 4 aromatic rings. The molecule has 0 atom stereocenters. The van der Waals surface area contributed by atoms with Crippen LogP contribution in [0.2, 0.25) is 19.6 Å². The third-order valence-electron chi connectivity index (χ3n) is 8.30. The molecule has 0 aliphatic carbocycles. The summed E-state index contributed by atoms with van der Waals surface area (Å²) in [7, 11) is -1.38. The van der Waals surface area contributed by atoms with Crippen molar-refractivity contribution in [1.29, 1.82) is 0 Å². The van der Waals surface area contributed by atoms with Gasteiger partial charge in [0.25, 0.3) is 0 Å². The quantitative estimate of drug-likeness (QED) is 0.0753. The Hall–Kier alpha value is -2.11. The Labute approximate surface area is 278 Å². The number of aliphatic hydroxyl groups is 1. The summed E-state index contributed by atoms with van der Waals surface area (Å²) in [6, 6.07) is 16.7. The maximum absolute atomic E-state index is 11.7. The summed E-state index contributed by atoms with van der Waals surface area (Å²) >= 11 is 1.95. The van der Waals surface area contributed by atoms with Crippen molar-refractivity contribution < 1.29 is 30.0 Å². The topological polar surface area (TPSA) is 50.2 Å². The summed E-state index contributed by atoms with van der Waals surface area (Å²) in [5, 5.41) is 13.6. The first-order valence-electron chi connectivity index (χ1n) is 15.7. The largest absolute Gasteiger partial charge is 0.512 e. The molecule has 3 nitrogen and oxygen atoms in total. The third-order valence-corrected chi connectivity index (χ3v) is 13.3. The SMILES string of the molecule is CCC(CC)C(=O)/C=C(\O)C(CC)CC.Cc1c([Si](C)(C)C)sc2c(-c3[c-]c4ccccc4c(C(C)C)c3)nccc12.[Ir]. The van der Waals surface area contributed by atoms with Crippen molar-refractivity contribution in [3.05, 3.63) is 71.6 Å². The summed E-state index contributed by atoms with van der Waals surface area (Å²) in [5.74, 6) is 1.01. The Balaban J connectivity index is 0.000000348. The van der Waals surface area contributed by atoms with Gasteiger partial charge in [0.1, 0.15) is 0 Å². The number of carbonyl (C=O) groups is 1. The van der Waals surface area contributed by atoms with E-state index in [0.29, 0.717) is 5.92 Å². The molecule has 1 radical (unpaired) electrons. The number of nitrogens with zero attached hydrogens (tertiary/aromatic N) is 1. The maximum atomic E-state index is 11.7. The van der Waals surface area contributed by atoms with Crippen molar-refractivity contribution in [3.63, 3.8) is 0 Å². The molecule has 0 aliphatic heterocycles. The Kier molecular flexibility index (Phi) is 14.0. The van der Waals surface area contributed by atoms with Gasteiger partial charge in [0, 0.05) is 54.6 Å². The molecule has 0 amide bonds. The smallest absolute Gasteiger partial charge is 0.162 e. The molecule has 2 heterocycles. The summed E-state index contributed by atoms with van der Waals surface area (Å²) in [5.41, 5.74) is 5.02. The van der Waals surface area contributed by atoms with Crippen molar-refractivity contribution in [2.75, 3.05) is 0 Å². The molecule has 0 spiro atoms. The number of aromatic nitrogens is 1. The van der Waals surface area contributed by atoms with Gasteiger partial charge in [-0.25, -0.2) is 0 Å². The van der Waals surface area contributed by atoms with Crippen LogP contribution in [-0.4, -0.2) is 23.9 Å². The number of allylic oxidation sites excluding steroid dienone is 2. The standard InChI is InChI=1S/C24H26NSSi.C13H24O2.Ir/c1-15(2)21-14-18(13-17-9-7-8-10-20(17)21)22-23-19(11-12-25-22)16(3)24(26-23)27(4,5)6;1-5-10(6-2)12(14)9-13(15)11(7-3)8-4;/h7-12,14-15H,1-6H3;9-11,14H,5-8H2,1-4H3;/q-1;;/b;12-9-;. The number of pyridine rings is 1. The van der Waals surface area contributed by atoms with Crippen LogP contribution in [0.3, 0.4) is 0 Å². The van der Waals surface area contributed by atoms with Crippen molar-refractivity contribution >= 4 is 50.6 Å². The van der Waals surface area contributed by atoms with Crippen LogP contribution in [0.25, 0.3) is 32.1 Å². The first kappa shape index (κ1) is 37.1. The molecule has 0 bridgehead atoms. The Morgan fingerprint density at radius 3 is 2.14 bits per heavy atom. The molecule has 43 heavy (non-hydrogen) atoms. The van der Waals surface area contributed by atoms with Crippen LogP contribution in [0.4, 0.5) is 0 Å². The molecule has 0 saturated heterocycles. The summed E-state index contributed by atoms with van der Waals surface area (Å²) in [4.78, 5) is 16.5. The van der Waals surface area contributed by atoms with Crippen LogP contribution >= 0.6 is 11.3 Å². The number of fused-ring (bicyclic) bond motifs is 2. The Bertz CT molecular complexity index is 1540. The Morgan fingerprint density at radius 2 is 1.58 bits per heavy atom. The van der Waals surface area contributed by atoms with Crippen molar-refractivity contribution in [2.45, 2.75) is 99.7 Å². The van der Waals surface area contributed by atoms with Crippen LogP contribution < -0.4 is 4.50 Å². The minimum atomic E-state index is -1.38. The van der Waals surface area contributed by atoms with E-state index in [9.17, 15) is 9.90 Å². The molecular weight excluding hydrogens is 743 g/mol. The first-order valence-corrected chi connectivity index (χ1v) is 20.0. The molecule has 0 saturated carbocycles. The van der Waals surface area contributed by atoms with Gasteiger partial charge < -0.3 is 5.11 Å². The van der Waals surface area contributed by atoms with E-state index in [1.165, 1.54) is 38.1 Å². The van der Waals surface area contributed by atoms with Gasteiger partial charge in [0.15, 0.2) is 5.78 Å². The van der Waals surface area contributed by atoms with E-state index < -0.39 is 8.07 Å². The van der Waals surface area contributed by atoms with Crippen LogP contribution in [0.5, 0.6) is 0 Å². The molecular formula is C37H50IrNO2SSi-. The fraction of sp³-hybridized carbons (Fsp3) is 0.459. The fourth-order valence-electron chi connectivity index (χ4n) is 5.70. The molecule has 0 unspecified atom stereocenters. The van der Waals surface area contributed by atoms with E-state index in [4.69, 9.17) is 4.98 Å². The van der Waals surface area contributed by atoms with E-state index in [1.54, 1.807) is 4.50 Å². The summed E-state index contributed by atoms with van der Waals surface area (Å²) in [6.45, 7) is 22.2. The van der Waals surface area contributed by atoms with Gasteiger partial charge in [0.05, 0.1) is 13.8 Å². The van der Waals surface area contributed by atoms with Crippen LogP contribution in [-0.2, 0) is 24.9 Å². The number of thiophene rings is 1. The average Bonchev–Trinajstić information content (AvgIpc) is 3.31. The van der Waals surface area contributed by atoms with Gasteiger partial charge in [-0.1, -0.05) is 90.3 Å². The van der Waals surface area contributed by atoms with E-state index in [-0.39, 0.29) is 43.5 Å². The van der Waals surface area contributed by atoms with Crippen LogP contribution in [0, 0.1) is 24.8 Å². The molecule has 235 valence electrons. The zero-order chi connectivity index (χ0) is 31.2. The fourth-order valence-corrected chi connectivity index (χ4v) is 9.55. The summed E-state index contributed by atoms with van der Waals surface area (Å²) < 4.78 is 2.89. The van der Waals surface area contributed by atoms with Gasteiger partial charge in [-0.2, -0.15) is 11.3 Å². The van der Waals surface area contributed by atoms with E-state index >= 15 is 0 Å². The number of aliphatic hydroxyl groups excluding tert-OH is 1. The van der Waals surface area contributed by atoms with Crippen LogP contribution in [0.15, 0.2) is 54.4 Å². The van der Waals surface area contributed by atoms with Crippen molar-refractivity contribution in [3.8, 4) is 11.3 Å². The van der Waals surface area contributed by atoms with E-state index in [2.05, 4.69) is 82.9 Å². The molecule has 6 heteroatoms. The van der Waals surface area contributed by atoms with Crippen molar-refractivity contribution in [1.82, 2.24) is 4.98 Å². The van der Waals surface area contributed by atoms with Gasteiger partial charge in [-0.05, 0) is 60.0 Å². The predicted octanol–water partition coefficient (Wildman–Crippen LogP) is 10.8. The number of benzene rings is 2. The summed E-state index contributed by atoms with van der Waals surface area (Å²) in [6.07, 6.45) is 6.87. The molecule has 2 aromatic carbocycles. The van der Waals surface area contributed by atoms with Gasteiger partial charge >= 0.3 is 0 Å². The predicted molar refractivity (Wildman–Crippen MR) is 187 cm³/mol. The van der Waals surface area contributed by atoms with Crippen molar-refractivity contribution in [2.24, 2.45) is 11.8 Å². The second-order valence-electron chi connectivity index (χ2n) is 12.7. The monoisotopic (exact) mass is 793 g/mol. The first-order chi connectivity index (χ1) is 19.9. The normalized spacial score (nSPS) is 12.2. The zero-order valence-corrected chi connectivity index (χ0v) is 31.9. The van der Waals surface area contributed by atoms with Gasteiger partial charge in [-0.3, -0.25) is 9.78 Å². The molecule has 0 aliphatic rings. The maximum Gasteiger partial charge on any atom is 0.162 e. The third kappa shape index (κ3) is 8.75. The zero-order valence-electron chi connectivity index (χ0n) is 27.7. The molecule has 0 fully saturated rings. The number of aryl methyl sites for hydroxylation is 1. The molecule has 1 N–H and O–H groups in total. The minimum absolute atomic E-state index is 0. The number of carbonyl (C=O) groups excluding carboxylic acids is 1. The minimum Gasteiger partial charge on any atom is -0.512 e. The number of rotatable bonds is 10. The second kappa shape index (κ2) is 16.3. The number of ketones is 1. The van der Waals surface area contributed by atoms with Gasteiger partial charge in [0.2, 0.25) is 0 Å². The van der Waals surface area contributed by atoms with E-state index in [0.717, 1.165) is 36.9 Å². The van der Waals surface area contributed by atoms with Gasteiger partial charge in [-0.15, -0.1) is 29.1 Å².